The third kappa shape index (κ3) is 6.04. The molecule has 1 aromatic heterocycles. The van der Waals surface area contributed by atoms with E-state index in [-0.39, 0.29) is 24.3 Å². The van der Waals surface area contributed by atoms with Gasteiger partial charge in [-0.3, -0.25) is 14.3 Å². The number of rotatable bonds is 8. The highest BCUT2D eigenvalue weighted by Gasteiger charge is 2.16. The lowest BCUT2D eigenvalue weighted by atomic mass is 10.0. The summed E-state index contributed by atoms with van der Waals surface area (Å²) in [5.74, 6) is -0.268. The molecule has 2 aromatic carbocycles. The maximum Gasteiger partial charge on any atom is 0.222 e. The number of nitrogens with zero attached hydrogens (tertiary/aromatic N) is 2. The number of nitrogens with one attached hydrogen (secondary N) is 2. The zero-order chi connectivity index (χ0) is 21.5. The van der Waals surface area contributed by atoms with E-state index in [9.17, 15) is 9.59 Å². The van der Waals surface area contributed by atoms with E-state index in [1.165, 1.54) is 6.92 Å². The Bertz CT molecular complexity index is 1010. The highest BCUT2D eigenvalue weighted by Crippen LogP contribution is 2.17. The van der Waals surface area contributed by atoms with E-state index in [2.05, 4.69) is 33.9 Å². The van der Waals surface area contributed by atoms with Crippen molar-refractivity contribution in [2.24, 2.45) is 0 Å². The van der Waals surface area contributed by atoms with Crippen molar-refractivity contribution < 1.29 is 9.59 Å². The number of aromatic nitrogens is 2. The van der Waals surface area contributed by atoms with Crippen LogP contribution in [0.3, 0.4) is 0 Å². The van der Waals surface area contributed by atoms with E-state index in [1.54, 1.807) is 0 Å². The number of aryl methyl sites for hydroxylation is 2. The highest BCUT2D eigenvalue weighted by molar-refractivity contribution is 5.79. The summed E-state index contributed by atoms with van der Waals surface area (Å²) in [6, 6.07) is 19.4. The first-order valence-corrected chi connectivity index (χ1v) is 10.1. The molecule has 0 radical (unpaired) electrons. The van der Waals surface area contributed by atoms with Gasteiger partial charge in [0.15, 0.2) is 0 Å². The van der Waals surface area contributed by atoms with Crippen LogP contribution in [0.25, 0.3) is 0 Å². The first-order valence-electron chi connectivity index (χ1n) is 10.1. The zero-order valence-electron chi connectivity index (χ0n) is 17.7. The van der Waals surface area contributed by atoms with Gasteiger partial charge >= 0.3 is 0 Å². The van der Waals surface area contributed by atoms with Crippen LogP contribution in [0.15, 0.2) is 60.7 Å². The standard InChI is InChI=1S/C24H28N4O2/c1-17-12-18(2)28(27-17)16-21-9-7-8-20(13-21)15-25-24(30)14-23(26-19(3)29)22-10-5-4-6-11-22/h4-13,23H,14-16H2,1-3H3,(H,25,30)(H,26,29). The summed E-state index contributed by atoms with van der Waals surface area (Å²) in [4.78, 5) is 24.1. The van der Waals surface area contributed by atoms with Gasteiger partial charge in [0.05, 0.1) is 24.7 Å². The van der Waals surface area contributed by atoms with Crippen molar-refractivity contribution >= 4 is 11.8 Å². The maximum atomic E-state index is 12.5. The Morgan fingerprint density at radius 1 is 1.00 bits per heavy atom. The van der Waals surface area contributed by atoms with E-state index in [4.69, 9.17) is 0 Å². The van der Waals surface area contributed by atoms with Gasteiger partial charge in [-0.2, -0.15) is 5.10 Å². The van der Waals surface area contributed by atoms with E-state index in [0.717, 1.165) is 28.1 Å². The molecule has 6 heteroatoms. The molecule has 30 heavy (non-hydrogen) atoms. The molecule has 1 heterocycles. The molecule has 2 N–H and O–H groups in total. The van der Waals surface area contributed by atoms with Gasteiger partial charge in [-0.25, -0.2) is 0 Å². The summed E-state index contributed by atoms with van der Waals surface area (Å²) in [7, 11) is 0. The van der Waals surface area contributed by atoms with E-state index in [0.29, 0.717) is 13.1 Å². The average molecular weight is 405 g/mol. The number of benzene rings is 2. The van der Waals surface area contributed by atoms with Crippen molar-refractivity contribution in [3.05, 3.63) is 88.7 Å². The summed E-state index contributed by atoms with van der Waals surface area (Å²) >= 11 is 0. The van der Waals surface area contributed by atoms with Crippen molar-refractivity contribution in [2.75, 3.05) is 0 Å². The molecule has 1 unspecified atom stereocenters. The molecule has 3 aromatic rings. The van der Waals surface area contributed by atoms with Crippen LogP contribution >= 0.6 is 0 Å². The van der Waals surface area contributed by atoms with Gasteiger partial charge in [-0.15, -0.1) is 0 Å². The number of hydrogen-bond acceptors (Lipinski definition) is 3. The Hall–Kier alpha value is -3.41. The first-order chi connectivity index (χ1) is 14.4. The van der Waals surface area contributed by atoms with Crippen LogP contribution in [0.5, 0.6) is 0 Å². The molecule has 2 amide bonds. The van der Waals surface area contributed by atoms with Crippen molar-refractivity contribution in [1.29, 1.82) is 0 Å². The van der Waals surface area contributed by atoms with Gasteiger partial charge < -0.3 is 10.6 Å². The van der Waals surface area contributed by atoms with Crippen molar-refractivity contribution in [2.45, 2.75) is 46.3 Å². The van der Waals surface area contributed by atoms with Crippen LogP contribution in [-0.4, -0.2) is 21.6 Å². The number of hydrogen-bond donors (Lipinski definition) is 2. The molecule has 0 spiro atoms. The molecular weight excluding hydrogens is 376 g/mol. The monoisotopic (exact) mass is 404 g/mol. The fourth-order valence-electron chi connectivity index (χ4n) is 3.49. The molecule has 0 bridgehead atoms. The normalized spacial score (nSPS) is 11.7. The van der Waals surface area contributed by atoms with Crippen LogP contribution < -0.4 is 10.6 Å². The van der Waals surface area contributed by atoms with Crippen LogP contribution in [0.1, 0.15) is 47.5 Å². The Labute approximate surface area is 177 Å². The van der Waals surface area contributed by atoms with Crippen LogP contribution in [0.4, 0.5) is 0 Å². The van der Waals surface area contributed by atoms with Gasteiger partial charge in [-0.1, -0.05) is 54.6 Å². The molecule has 0 aliphatic carbocycles. The smallest absolute Gasteiger partial charge is 0.222 e. The van der Waals surface area contributed by atoms with Gasteiger partial charge in [0.1, 0.15) is 0 Å². The molecule has 0 aliphatic rings. The van der Waals surface area contributed by atoms with Crippen molar-refractivity contribution in [3.63, 3.8) is 0 Å². The lowest BCUT2D eigenvalue weighted by Crippen LogP contribution is -2.32. The van der Waals surface area contributed by atoms with E-state index < -0.39 is 0 Å². The molecule has 3 rings (SSSR count). The van der Waals surface area contributed by atoms with Gasteiger partial charge in [0.25, 0.3) is 0 Å². The second kappa shape index (κ2) is 9.87. The third-order valence-electron chi connectivity index (χ3n) is 4.89. The maximum absolute atomic E-state index is 12.5. The summed E-state index contributed by atoms with van der Waals surface area (Å²) in [6.45, 7) is 6.62. The lowest BCUT2D eigenvalue weighted by molar-refractivity contribution is -0.122. The molecule has 1 atom stereocenters. The minimum Gasteiger partial charge on any atom is -0.352 e. The summed E-state index contributed by atoms with van der Waals surface area (Å²) in [6.07, 6.45) is 0.190. The minimum absolute atomic E-state index is 0.110. The molecule has 0 saturated heterocycles. The van der Waals surface area contributed by atoms with Gasteiger partial charge in [-0.05, 0) is 36.6 Å². The number of amides is 2. The Kier molecular flexibility index (Phi) is 7.01. The van der Waals surface area contributed by atoms with Crippen LogP contribution in [0.2, 0.25) is 0 Å². The van der Waals surface area contributed by atoms with Gasteiger partial charge in [0.2, 0.25) is 11.8 Å². The molecule has 6 nitrogen and oxygen atoms in total. The summed E-state index contributed by atoms with van der Waals surface area (Å²) in [5, 5.41) is 10.3. The molecule has 0 aliphatic heterocycles. The van der Waals surface area contributed by atoms with E-state index >= 15 is 0 Å². The Balaban J connectivity index is 1.59. The Morgan fingerprint density at radius 2 is 1.73 bits per heavy atom. The second-order valence-electron chi connectivity index (χ2n) is 7.55. The summed E-state index contributed by atoms with van der Waals surface area (Å²) in [5.41, 5.74) is 5.19. The number of carbonyl (C=O) groups excluding carboxylic acids is 2. The fraction of sp³-hybridized carbons (Fsp3) is 0.292. The Morgan fingerprint density at radius 3 is 2.40 bits per heavy atom. The minimum atomic E-state index is -0.346. The highest BCUT2D eigenvalue weighted by atomic mass is 16.2. The average Bonchev–Trinajstić information content (AvgIpc) is 3.03. The largest absolute Gasteiger partial charge is 0.352 e. The fourth-order valence-corrected chi connectivity index (χ4v) is 3.49. The summed E-state index contributed by atoms with van der Waals surface area (Å²) < 4.78 is 1.98. The molecule has 156 valence electrons. The SMILES string of the molecule is CC(=O)NC(CC(=O)NCc1cccc(Cn2nc(C)cc2C)c1)c1ccccc1. The molecular formula is C24H28N4O2. The quantitative estimate of drug-likeness (QED) is 0.604. The third-order valence-corrected chi connectivity index (χ3v) is 4.89. The zero-order valence-corrected chi connectivity index (χ0v) is 17.7. The first kappa shape index (κ1) is 21.3. The van der Waals surface area contributed by atoms with Crippen LogP contribution in [0, 0.1) is 13.8 Å². The van der Waals surface area contributed by atoms with Gasteiger partial charge in [0, 0.05) is 19.2 Å². The van der Waals surface area contributed by atoms with Crippen molar-refractivity contribution in [1.82, 2.24) is 20.4 Å². The van der Waals surface area contributed by atoms with Crippen molar-refractivity contribution in [3.8, 4) is 0 Å². The van der Waals surface area contributed by atoms with E-state index in [1.807, 2.05) is 61.0 Å². The molecule has 0 saturated carbocycles. The second-order valence-corrected chi connectivity index (χ2v) is 7.55. The predicted molar refractivity (Wildman–Crippen MR) is 117 cm³/mol. The van der Waals surface area contributed by atoms with Crippen LogP contribution in [-0.2, 0) is 22.7 Å². The predicted octanol–water partition coefficient (Wildman–Crippen LogP) is 3.43. The number of carbonyl (C=O) groups is 2. The molecule has 0 fully saturated rings. The topological polar surface area (TPSA) is 76.0 Å². The lowest BCUT2D eigenvalue weighted by Gasteiger charge is -2.18.